The summed E-state index contributed by atoms with van der Waals surface area (Å²) in [6.45, 7) is 11.1. The molecule has 0 bridgehead atoms. The summed E-state index contributed by atoms with van der Waals surface area (Å²) in [5.41, 5.74) is 1.34. The van der Waals surface area contributed by atoms with Gasteiger partial charge in [-0.25, -0.2) is 0 Å². The second-order valence-corrected chi connectivity index (χ2v) is 6.85. The van der Waals surface area contributed by atoms with Gasteiger partial charge in [-0.2, -0.15) is 0 Å². The molecule has 0 unspecified atom stereocenters. The molecule has 0 aliphatic heterocycles. The quantitative estimate of drug-likeness (QED) is 0.708. The van der Waals surface area contributed by atoms with Crippen LogP contribution in [0.3, 0.4) is 0 Å². The molecule has 0 fully saturated rings. The minimum atomic E-state index is 0.240. The Kier molecular flexibility index (Phi) is 7.33. The fourth-order valence-corrected chi connectivity index (χ4v) is 2.17. The number of methoxy groups -OCH3 is 1. The van der Waals surface area contributed by atoms with Gasteiger partial charge in [0.15, 0.2) is 11.5 Å². The normalized spacial score (nSPS) is 11.5. The van der Waals surface area contributed by atoms with E-state index in [1.54, 1.807) is 7.11 Å². The minimum Gasteiger partial charge on any atom is -0.493 e. The highest BCUT2D eigenvalue weighted by atomic mass is 35.5. The Balaban J connectivity index is 2.75. The Hall–Kier alpha value is -0.930. The van der Waals surface area contributed by atoms with Crippen molar-refractivity contribution in [3.8, 4) is 11.5 Å². The lowest BCUT2D eigenvalue weighted by molar-refractivity contribution is 0.234. The van der Waals surface area contributed by atoms with Gasteiger partial charge in [0.1, 0.15) is 0 Å². The first kappa shape index (κ1) is 18.1. The third-order valence-corrected chi connectivity index (χ3v) is 3.42. The molecule has 0 radical (unpaired) electrons. The average molecular weight is 314 g/mol. The van der Waals surface area contributed by atoms with E-state index >= 15 is 0 Å². The van der Waals surface area contributed by atoms with Crippen molar-refractivity contribution < 1.29 is 9.47 Å². The zero-order chi connectivity index (χ0) is 15.9. The number of nitrogens with one attached hydrogen (secondary N) is 1. The van der Waals surface area contributed by atoms with Crippen LogP contribution in [0.2, 0.25) is 5.02 Å². The van der Waals surface area contributed by atoms with Gasteiger partial charge in [-0.05, 0) is 42.5 Å². The molecule has 3 nitrogen and oxygen atoms in total. The van der Waals surface area contributed by atoms with Crippen molar-refractivity contribution in [3.63, 3.8) is 0 Å². The Labute approximate surface area is 134 Å². The Morgan fingerprint density at radius 2 is 1.95 bits per heavy atom. The molecule has 21 heavy (non-hydrogen) atoms. The molecular formula is C17H28ClNO2. The number of rotatable bonds is 8. The molecule has 1 N–H and O–H groups in total. The lowest BCUT2D eigenvalue weighted by Crippen LogP contribution is -2.14. The smallest absolute Gasteiger partial charge is 0.179 e. The van der Waals surface area contributed by atoms with E-state index in [1.165, 1.54) is 0 Å². The van der Waals surface area contributed by atoms with Crippen molar-refractivity contribution in [2.75, 3.05) is 20.3 Å². The van der Waals surface area contributed by atoms with Crippen LogP contribution < -0.4 is 14.8 Å². The monoisotopic (exact) mass is 313 g/mol. The van der Waals surface area contributed by atoms with E-state index in [0.717, 1.165) is 31.5 Å². The van der Waals surface area contributed by atoms with Crippen molar-refractivity contribution in [1.82, 2.24) is 5.32 Å². The van der Waals surface area contributed by atoms with Crippen LogP contribution in [-0.4, -0.2) is 20.3 Å². The van der Waals surface area contributed by atoms with Gasteiger partial charge in [-0.15, -0.1) is 0 Å². The molecule has 1 aromatic rings. The van der Waals surface area contributed by atoms with Crippen molar-refractivity contribution >= 4 is 11.6 Å². The highest BCUT2D eigenvalue weighted by molar-refractivity contribution is 6.32. The first-order valence-electron chi connectivity index (χ1n) is 7.57. The predicted molar refractivity (Wildman–Crippen MR) is 89.6 cm³/mol. The molecule has 0 aromatic heterocycles. The van der Waals surface area contributed by atoms with Crippen LogP contribution in [0, 0.1) is 5.41 Å². The first-order valence-corrected chi connectivity index (χ1v) is 7.95. The Morgan fingerprint density at radius 1 is 1.24 bits per heavy atom. The molecule has 0 atom stereocenters. The summed E-state index contributed by atoms with van der Waals surface area (Å²) in [6, 6.07) is 3.93. The summed E-state index contributed by atoms with van der Waals surface area (Å²) in [7, 11) is 1.64. The lowest BCUT2D eigenvalue weighted by atomic mass is 9.93. The third-order valence-electron chi connectivity index (χ3n) is 3.14. The van der Waals surface area contributed by atoms with E-state index in [4.69, 9.17) is 21.1 Å². The molecule has 0 heterocycles. The van der Waals surface area contributed by atoms with Crippen LogP contribution in [0.15, 0.2) is 12.1 Å². The highest BCUT2D eigenvalue weighted by Gasteiger charge is 2.14. The molecule has 0 saturated carbocycles. The van der Waals surface area contributed by atoms with Gasteiger partial charge in [0.25, 0.3) is 0 Å². The molecule has 0 amide bonds. The fourth-order valence-electron chi connectivity index (χ4n) is 1.88. The summed E-state index contributed by atoms with van der Waals surface area (Å²) in [4.78, 5) is 0. The van der Waals surface area contributed by atoms with E-state index in [2.05, 4.69) is 33.0 Å². The first-order chi connectivity index (χ1) is 9.87. The van der Waals surface area contributed by atoms with E-state index in [0.29, 0.717) is 23.1 Å². The topological polar surface area (TPSA) is 30.5 Å². The number of halogens is 1. The van der Waals surface area contributed by atoms with Crippen LogP contribution in [-0.2, 0) is 6.54 Å². The zero-order valence-corrected chi connectivity index (χ0v) is 14.6. The van der Waals surface area contributed by atoms with Crippen LogP contribution in [0.25, 0.3) is 0 Å². The molecule has 0 saturated heterocycles. The zero-order valence-electron chi connectivity index (χ0n) is 13.9. The number of ether oxygens (including phenoxy) is 2. The van der Waals surface area contributed by atoms with Crippen molar-refractivity contribution in [2.24, 2.45) is 5.41 Å². The van der Waals surface area contributed by atoms with Crippen molar-refractivity contribution in [2.45, 2.75) is 47.1 Å². The van der Waals surface area contributed by atoms with Gasteiger partial charge >= 0.3 is 0 Å². The maximum atomic E-state index is 6.34. The Morgan fingerprint density at radius 3 is 2.52 bits per heavy atom. The third kappa shape index (κ3) is 6.58. The number of hydrogen-bond acceptors (Lipinski definition) is 3. The summed E-state index contributed by atoms with van der Waals surface area (Å²) in [5, 5.41) is 3.97. The van der Waals surface area contributed by atoms with Gasteiger partial charge in [-0.3, -0.25) is 0 Å². The second-order valence-electron chi connectivity index (χ2n) is 6.44. The standard InChI is InChI=1S/C17H28ClNO2/c1-6-8-19-12-13-10-14(18)16(15(11-13)20-5)21-9-7-17(2,3)4/h10-11,19H,6-9,12H2,1-5H3. The van der Waals surface area contributed by atoms with Crippen LogP contribution in [0.5, 0.6) is 11.5 Å². The molecule has 0 spiro atoms. The van der Waals surface area contributed by atoms with E-state index in [1.807, 2.05) is 12.1 Å². The van der Waals surface area contributed by atoms with Crippen LogP contribution in [0.4, 0.5) is 0 Å². The maximum absolute atomic E-state index is 6.34. The number of hydrogen-bond donors (Lipinski definition) is 1. The molecule has 120 valence electrons. The second kappa shape index (κ2) is 8.50. The minimum absolute atomic E-state index is 0.240. The summed E-state index contributed by atoms with van der Waals surface area (Å²) in [6.07, 6.45) is 2.07. The fraction of sp³-hybridized carbons (Fsp3) is 0.647. The van der Waals surface area contributed by atoms with E-state index in [9.17, 15) is 0 Å². The van der Waals surface area contributed by atoms with Gasteiger partial charge in [0.05, 0.1) is 18.7 Å². The molecule has 4 heteroatoms. The van der Waals surface area contributed by atoms with E-state index < -0.39 is 0 Å². The van der Waals surface area contributed by atoms with Gasteiger partial charge < -0.3 is 14.8 Å². The lowest BCUT2D eigenvalue weighted by Gasteiger charge is -2.20. The molecule has 0 aliphatic carbocycles. The van der Waals surface area contributed by atoms with Crippen LogP contribution in [0.1, 0.15) is 46.1 Å². The van der Waals surface area contributed by atoms with Crippen molar-refractivity contribution in [1.29, 1.82) is 0 Å². The molecule has 1 aromatic carbocycles. The summed E-state index contributed by atoms with van der Waals surface area (Å²) >= 11 is 6.34. The van der Waals surface area contributed by atoms with E-state index in [-0.39, 0.29) is 5.41 Å². The predicted octanol–water partition coefficient (Wildman–Crippen LogP) is 4.66. The van der Waals surface area contributed by atoms with Gasteiger partial charge in [-0.1, -0.05) is 39.3 Å². The van der Waals surface area contributed by atoms with Gasteiger partial charge in [0.2, 0.25) is 0 Å². The summed E-state index contributed by atoms with van der Waals surface area (Å²) < 4.78 is 11.3. The van der Waals surface area contributed by atoms with Crippen LogP contribution >= 0.6 is 11.6 Å². The molecule has 1 rings (SSSR count). The SMILES string of the molecule is CCCNCc1cc(Cl)c(OCCC(C)(C)C)c(OC)c1. The van der Waals surface area contributed by atoms with Crippen molar-refractivity contribution in [3.05, 3.63) is 22.7 Å². The largest absolute Gasteiger partial charge is 0.493 e. The Bertz CT molecular complexity index is 441. The molecule has 0 aliphatic rings. The molecular weight excluding hydrogens is 286 g/mol. The summed E-state index contributed by atoms with van der Waals surface area (Å²) in [5.74, 6) is 1.34. The average Bonchev–Trinajstić information content (AvgIpc) is 2.39. The maximum Gasteiger partial charge on any atom is 0.179 e. The highest BCUT2D eigenvalue weighted by Crippen LogP contribution is 2.37. The van der Waals surface area contributed by atoms with Gasteiger partial charge in [0, 0.05) is 6.54 Å². The number of benzene rings is 1.